The first-order chi connectivity index (χ1) is 6.52. The van der Waals surface area contributed by atoms with Gasteiger partial charge in [0.25, 0.3) is 0 Å². The van der Waals surface area contributed by atoms with Crippen molar-refractivity contribution in [3.05, 3.63) is 0 Å². The van der Waals surface area contributed by atoms with Crippen LogP contribution in [0.2, 0.25) is 0 Å². The van der Waals surface area contributed by atoms with Crippen molar-refractivity contribution in [1.82, 2.24) is 10.4 Å². The average Bonchev–Trinajstić information content (AvgIpc) is 2.11. The molecule has 1 aliphatic rings. The summed E-state index contributed by atoms with van der Waals surface area (Å²) in [7, 11) is 0. The van der Waals surface area contributed by atoms with Gasteiger partial charge in [-0.05, 0) is 33.6 Å². The van der Waals surface area contributed by atoms with E-state index in [0.29, 0.717) is 12.1 Å². The van der Waals surface area contributed by atoms with Crippen molar-refractivity contribution in [2.24, 2.45) is 0 Å². The molecule has 1 heterocycles. The van der Waals surface area contributed by atoms with Gasteiger partial charge in [-0.1, -0.05) is 6.42 Å². The summed E-state index contributed by atoms with van der Waals surface area (Å²) in [5, 5.41) is 1.83. The van der Waals surface area contributed by atoms with Crippen molar-refractivity contribution in [3.63, 3.8) is 0 Å². The molecule has 4 heteroatoms. The molecular weight excluding hydrogens is 196 g/mol. The molecule has 1 N–H and O–H groups in total. The molecule has 0 aromatic rings. The van der Waals surface area contributed by atoms with Crippen LogP contribution in [-0.2, 0) is 4.79 Å². The first kappa shape index (κ1) is 11.9. The number of nitrogens with one attached hydrogen (secondary N) is 1. The van der Waals surface area contributed by atoms with Crippen LogP contribution in [0, 0.1) is 0 Å². The highest BCUT2D eigenvalue weighted by Crippen LogP contribution is 2.20. The van der Waals surface area contributed by atoms with Crippen molar-refractivity contribution in [2.45, 2.75) is 57.4 Å². The first-order valence-corrected chi connectivity index (χ1v) is 5.81. The van der Waals surface area contributed by atoms with Crippen LogP contribution >= 0.6 is 12.6 Å². The zero-order valence-electron chi connectivity index (χ0n) is 9.16. The molecular formula is C10H20N2OS. The van der Waals surface area contributed by atoms with Gasteiger partial charge in [-0.25, -0.2) is 5.01 Å². The third-order valence-corrected chi connectivity index (χ3v) is 3.05. The molecule has 0 aliphatic carbocycles. The summed E-state index contributed by atoms with van der Waals surface area (Å²) in [6.07, 6.45) is 3.57. The topological polar surface area (TPSA) is 32.3 Å². The Kier molecular flexibility index (Phi) is 4.26. The summed E-state index contributed by atoms with van der Waals surface area (Å²) in [6, 6.07) is 0.879. The number of carbonyl (C=O) groups is 1. The molecule has 1 fully saturated rings. The Balaban J connectivity index is 2.52. The van der Waals surface area contributed by atoms with Crippen LogP contribution in [0.15, 0.2) is 0 Å². The van der Waals surface area contributed by atoms with E-state index in [-0.39, 0.29) is 11.2 Å². The largest absolute Gasteiger partial charge is 0.287 e. The number of hydrazine groups is 1. The van der Waals surface area contributed by atoms with Gasteiger partial charge >= 0.3 is 0 Å². The third kappa shape index (κ3) is 2.89. The molecule has 1 rings (SSSR count). The van der Waals surface area contributed by atoms with E-state index in [9.17, 15) is 4.79 Å². The number of hydrogen-bond acceptors (Lipinski definition) is 3. The van der Waals surface area contributed by atoms with E-state index in [0.717, 1.165) is 12.8 Å². The van der Waals surface area contributed by atoms with E-state index in [1.165, 1.54) is 6.42 Å². The predicted molar refractivity (Wildman–Crippen MR) is 61.2 cm³/mol. The number of nitrogens with zero attached hydrogens (tertiary/aromatic N) is 1. The molecule has 0 saturated carbocycles. The van der Waals surface area contributed by atoms with Crippen LogP contribution in [0.4, 0.5) is 0 Å². The lowest BCUT2D eigenvalue weighted by molar-refractivity contribution is -0.128. The molecule has 1 aliphatic heterocycles. The summed E-state index contributed by atoms with van der Waals surface area (Å²) >= 11 is 4.11. The minimum atomic E-state index is -0.240. The molecule has 0 bridgehead atoms. The Morgan fingerprint density at radius 1 is 1.43 bits per heavy atom. The highest BCUT2D eigenvalue weighted by atomic mass is 32.1. The highest BCUT2D eigenvalue weighted by Gasteiger charge is 2.26. The number of rotatable bonds is 2. The van der Waals surface area contributed by atoms with Crippen molar-refractivity contribution < 1.29 is 4.79 Å². The zero-order valence-corrected chi connectivity index (χ0v) is 10.1. The Morgan fingerprint density at radius 3 is 2.36 bits per heavy atom. The fourth-order valence-electron chi connectivity index (χ4n) is 1.86. The van der Waals surface area contributed by atoms with Crippen molar-refractivity contribution in [1.29, 1.82) is 0 Å². The Morgan fingerprint density at radius 2 is 1.93 bits per heavy atom. The number of hydrogen-bond donors (Lipinski definition) is 2. The van der Waals surface area contributed by atoms with Crippen molar-refractivity contribution in [2.75, 3.05) is 0 Å². The molecule has 0 aromatic carbocycles. The van der Waals surface area contributed by atoms with Crippen LogP contribution in [-0.4, -0.2) is 28.2 Å². The standard InChI is InChI=1S/C10H20N2OS/c1-7-5-4-6-8(2)12(7)11-10(13)9(3)14/h7-9,14H,4-6H2,1-3H3,(H,11,13). The molecule has 3 nitrogen and oxygen atoms in total. The summed E-state index contributed by atoms with van der Waals surface area (Å²) in [4.78, 5) is 11.5. The minimum absolute atomic E-state index is 0.00562. The quantitative estimate of drug-likeness (QED) is 0.687. The average molecular weight is 216 g/mol. The first-order valence-electron chi connectivity index (χ1n) is 5.29. The Labute approximate surface area is 91.6 Å². The number of carbonyl (C=O) groups excluding carboxylic acids is 1. The molecule has 14 heavy (non-hydrogen) atoms. The van der Waals surface area contributed by atoms with Gasteiger partial charge < -0.3 is 0 Å². The van der Waals surface area contributed by atoms with Crippen LogP contribution in [0.25, 0.3) is 0 Å². The lowest BCUT2D eigenvalue weighted by atomic mass is 10.00. The molecule has 3 atom stereocenters. The van der Waals surface area contributed by atoms with Crippen LogP contribution in [0.5, 0.6) is 0 Å². The van der Waals surface area contributed by atoms with E-state index >= 15 is 0 Å². The lowest BCUT2D eigenvalue weighted by Gasteiger charge is -2.39. The zero-order chi connectivity index (χ0) is 10.7. The van der Waals surface area contributed by atoms with Gasteiger partial charge in [-0.2, -0.15) is 12.6 Å². The van der Waals surface area contributed by atoms with E-state index in [1.807, 2.05) is 0 Å². The molecule has 3 unspecified atom stereocenters. The second-order valence-corrected chi connectivity index (χ2v) is 4.96. The van der Waals surface area contributed by atoms with Crippen molar-refractivity contribution >= 4 is 18.5 Å². The normalized spacial score (nSPS) is 31.1. The van der Waals surface area contributed by atoms with E-state index in [2.05, 4.69) is 36.9 Å². The molecule has 82 valence electrons. The number of piperidine rings is 1. The van der Waals surface area contributed by atoms with E-state index in [1.54, 1.807) is 6.92 Å². The maximum Gasteiger partial charge on any atom is 0.246 e. The van der Waals surface area contributed by atoms with Gasteiger partial charge in [0.1, 0.15) is 0 Å². The second kappa shape index (κ2) is 5.03. The summed E-state index contributed by atoms with van der Waals surface area (Å²) in [5.74, 6) is -0.00562. The SMILES string of the molecule is CC(S)C(=O)NN1C(C)CCCC1C. The lowest BCUT2D eigenvalue weighted by Crippen LogP contribution is -2.55. The highest BCUT2D eigenvalue weighted by molar-refractivity contribution is 7.81. The fraction of sp³-hybridized carbons (Fsp3) is 0.900. The monoisotopic (exact) mass is 216 g/mol. The third-order valence-electron chi connectivity index (χ3n) is 2.81. The summed E-state index contributed by atoms with van der Waals surface area (Å²) < 4.78 is 0. The molecule has 0 radical (unpaired) electrons. The smallest absolute Gasteiger partial charge is 0.246 e. The van der Waals surface area contributed by atoms with Gasteiger partial charge in [0.15, 0.2) is 0 Å². The van der Waals surface area contributed by atoms with Crippen LogP contribution < -0.4 is 5.43 Å². The Bertz CT molecular complexity index is 198. The van der Waals surface area contributed by atoms with Gasteiger partial charge in [-0.3, -0.25) is 10.2 Å². The van der Waals surface area contributed by atoms with Crippen LogP contribution in [0.3, 0.4) is 0 Å². The molecule has 0 spiro atoms. The maximum absolute atomic E-state index is 11.5. The number of thiol groups is 1. The van der Waals surface area contributed by atoms with Gasteiger partial charge in [0.2, 0.25) is 5.91 Å². The van der Waals surface area contributed by atoms with Gasteiger partial charge in [-0.15, -0.1) is 0 Å². The van der Waals surface area contributed by atoms with Gasteiger partial charge in [0, 0.05) is 12.1 Å². The summed E-state index contributed by atoms with van der Waals surface area (Å²) in [5.41, 5.74) is 2.94. The predicted octanol–water partition coefficient (Wildman–Crippen LogP) is 1.60. The van der Waals surface area contributed by atoms with Crippen LogP contribution in [0.1, 0.15) is 40.0 Å². The maximum atomic E-state index is 11.5. The summed E-state index contributed by atoms with van der Waals surface area (Å²) in [6.45, 7) is 6.09. The molecule has 0 aromatic heterocycles. The van der Waals surface area contributed by atoms with E-state index in [4.69, 9.17) is 0 Å². The van der Waals surface area contributed by atoms with Crippen molar-refractivity contribution in [3.8, 4) is 0 Å². The number of amides is 1. The minimum Gasteiger partial charge on any atom is -0.287 e. The second-order valence-electron chi connectivity index (χ2n) is 4.19. The molecule has 1 amide bonds. The van der Waals surface area contributed by atoms with Gasteiger partial charge in [0.05, 0.1) is 5.25 Å². The Hall–Kier alpha value is -0.220. The fourth-order valence-corrected chi connectivity index (χ4v) is 1.92. The van der Waals surface area contributed by atoms with E-state index < -0.39 is 0 Å². The molecule has 1 saturated heterocycles.